The van der Waals surface area contributed by atoms with Gasteiger partial charge in [-0.05, 0) is 5.92 Å². The van der Waals surface area contributed by atoms with Crippen LogP contribution in [0.3, 0.4) is 0 Å². The number of aryl methyl sites for hydroxylation is 1. The summed E-state index contributed by atoms with van der Waals surface area (Å²) >= 11 is 0. The van der Waals surface area contributed by atoms with Crippen LogP contribution in [0, 0.1) is 5.92 Å². The van der Waals surface area contributed by atoms with E-state index in [-0.39, 0.29) is 10.7 Å². The summed E-state index contributed by atoms with van der Waals surface area (Å²) in [5, 5.41) is 3.88. The number of nitrogens with zero attached hydrogens (tertiary/aromatic N) is 3. The molecular formula is C11H22N4O2S. The average molecular weight is 274 g/mol. The van der Waals surface area contributed by atoms with E-state index in [2.05, 4.69) is 5.10 Å². The number of rotatable bonds is 6. The van der Waals surface area contributed by atoms with Gasteiger partial charge < -0.3 is 5.73 Å². The Morgan fingerprint density at radius 1 is 1.50 bits per heavy atom. The van der Waals surface area contributed by atoms with Crippen molar-refractivity contribution in [2.45, 2.75) is 32.1 Å². The highest BCUT2D eigenvalue weighted by Gasteiger charge is 2.28. The van der Waals surface area contributed by atoms with Crippen molar-refractivity contribution in [3.63, 3.8) is 0 Å². The molecule has 0 aromatic carbocycles. The molecule has 0 aliphatic rings. The third-order valence-corrected chi connectivity index (χ3v) is 4.96. The summed E-state index contributed by atoms with van der Waals surface area (Å²) in [6.07, 6.45) is 2.39. The normalized spacial score (nSPS) is 14.1. The third kappa shape index (κ3) is 3.02. The van der Waals surface area contributed by atoms with Crippen LogP contribution in [0.25, 0.3) is 0 Å². The molecule has 1 unspecified atom stereocenters. The molecule has 7 heteroatoms. The summed E-state index contributed by atoms with van der Waals surface area (Å²) in [6.45, 7) is 6.84. The van der Waals surface area contributed by atoms with Gasteiger partial charge in [-0.1, -0.05) is 27.2 Å². The maximum atomic E-state index is 12.4. The minimum Gasteiger partial charge on any atom is -0.381 e. The predicted octanol–water partition coefficient (Wildman–Crippen LogP) is 1.06. The number of sulfonamides is 1. The Kier molecular flexibility index (Phi) is 4.75. The largest absolute Gasteiger partial charge is 0.381 e. The van der Waals surface area contributed by atoms with Crippen LogP contribution in [0.15, 0.2) is 11.1 Å². The number of anilines is 1. The molecule has 1 atom stereocenters. The Morgan fingerprint density at radius 2 is 2.11 bits per heavy atom. The molecular weight excluding hydrogens is 252 g/mol. The topological polar surface area (TPSA) is 81.2 Å². The highest BCUT2D eigenvalue weighted by atomic mass is 32.2. The van der Waals surface area contributed by atoms with Crippen LogP contribution in [-0.2, 0) is 17.1 Å². The fourth-order valence-electron chi connectivity index (χ4n) is 1.70. The summed E-state index contributed by atoms with van der Waals surface area (Å²) in [5.41, 5.74) is 5.65. The summed E-state index contributed by atoms with van der Waals surface area (Å²) in [6, 6.07) is 0. The van der Waals surface area contributed by atoms with Crippen molar-refractivity contribution < 1.29 is 8.42 Å². The van der Waals surface area contributed by atoms with Crippen LogP contribution >= 0.6 is 0 Å². The van der Waals surface area contributed by atoms with Gasteiger partial charge >= 0.3 is 0 Å². The molecule has 0 saturated carbocycles. The van der Waals surface area contributed by atoms with Crippen LogP contribution in [0.5, 0.6) is 0 Å². The summed E-state index contributed by atoms with van der Waals surface area (Å²) in [7, 11) is -1.89. The number of hydrogen-bond acceptors (Lipinski definition) is 4. The molecule has 1 aromatic heterocycles. The maximum absolute atomic E-state index is 12.4. The van der Waals surface area contributed by atoms with Crippen molar-refractivity contribution in [1.82, 2.24) is 14.1 Å². The molecule has 2 N–H and O–H groups in total. The van der Waals surface area contributed by atoms with Crippen molar-refractivity contribution in [1.29, 1.82) is 0 Å². The van der Waals surface area contributed by atoms with Gasteiger partial charge in [-0.3, -0.25) is 4.68 Å². The second-order valence-electron chi connectivity index (χ2n) is 4.52. The summed E-state index contributed by atoms with van der Waals surface area (Å²) in [4.78, 5) is 0.0927. The molecule has 0 fully saturated rings. The molecule has 0 saturated heterocycles. The van der Waals surface area contributed by atoms with E-state index in [0.717, 1.165) is 6.42 Å². The molecule has 104 valence electrons. The van der Waals surface area contributed by atoms with Gasteiger partial charge in [0.05, 0.1) is 0 Å². The lowest BCUT2D eigenvalue weighted by atomic mass is 10.1. The Bertz CT molecular complexity index is 495. The second-order valence-corrected chi connectivity index (χ2v) is 6.43. The maximum Gasteiger partial charge on any atom is 0.248 e. The van der Waals surface area contributed by atoms with E-state index in [9.17, 15) is 8.42 Å². The zero-order chi connectivity index (χ0) is 13.9. The molecule has 0 bridgehead atoms. The average Bonchev–Trinajstić information content (AvgIpc) is 2.65. The zero-order valence-corrected chi connectivity index (χ0v) is 12.2. The first-order valence-electron chi connectivity index (χ1n) is 6.12. The fourth-order valence-corrected chi connectivity index (χ4v) is 3.36. The first kappa shape index (κ1) is 15.0. The van der Waals surface area contributed by atoms with Gasteiger partial charge in [0, 0.05) is 26.3 Å². The van der Waals surface area contributed by atoms with Crippen LogP contribution in [0.4, 0.5) is 5.82 Å². The van der Waals surface area contributed by atoms with E-state index < -0.39 is 10.0 Å². The van der Waals surface area contributed by atoms with Gasteiger partial charge in [0.1, 0.15) is 4.90 Å². The SMILES string of the molecule is CCC(C)CN(CC)S(=O)(=O)c1cn(C)nc1N. The van der Waals surface area contributed by atoms with Gasteiger partial charge in [0.25, 0.3) is 0 Å². The van der Waals surface area contributed by atoms with Crippen molar-refractivity contribution in [3.8, 4) is 0 Å². The highest BCUT2D eigenvalue weighted by molar-refractivity contribution is 7.89. The van der Waals surface area contributed by atoms with Gasteiger partial charge in [-0.15, -0.1) is 0 Å². The predicted molar refractivity (Wildman–Crippen MR) is 71.5 cm³/mol. The monoisotopic (exact) mass is 274 g/mol. The zero-order valence-electron chi connectivity index (χ0n) is 11.4. The van der Waals surface area contributed by atoms with Gasteiger partial charge in [0.15, 0.2) is 5.82 Å². The van der Waals surface area contributed by atoms with Crippen molar-refractivity contribution in [2.24, 2.45) is 13.0 Å². The smallest absolute Gasteiger partial charge is 0.248 e. The fraction of sp³-hybridized carbons (Fsp3) is 0.727. The summed E-state index contributed by atoms with van der Waals surface area (Å²) < 4.78 is 27.8. The second kappa shape index (κ2) is 5.71. The molecule has 1 rings (SSSR count). The standard InChI is InChI=1S/C11H22N4O2S/c1-5-9(3)7-15(6-2)18(16,17)10-8-14(4)13-11(10)12/h8-9H,5-7H2,1-4H3,(H2,12,13). The van der Waals surface area contributed by atoms with Crippen LogP contribution < -0.4 is 5.73 Å². The lowest BCUT2D eigenvalue weighted by molar-refractivity contribution is 0.361. The van der Waals surface area contributed by atoms with E-state index in [1.165, 1.54) is 15.2 Å². The number of hydrogen-bond donors (Lipinski definition) is 1. The summed E-state index contributed by atoms with van der Waals surface area (Å²) in [5.74, 6) is 0.373. The van der Waals surface area contributed by atoms with E-state index in [4.69, 9.17) is 5.73 Å². The van der Waals surface area contributed by atoms with E-state index in [1.807, 2.05) is 20.8 Å². The van der Waals surface area contributed by atoms with Crippen LogP contribution in [0.2, 0.25) is 0 Å². The van der Waals surface area contributed by atoms with E-state index >= 15 is 0 Å². The quantitative estimate of drug-likeness (QED) is 0.841. The lowest BCUT2D eigenvalue weighted by Gasteiger charge is -2.22. The van der Waals surface area contributed by atoms with Crippen LogP contribution in [0.1, 0.15) is 27.2 Å². The lowest BCUT2D eigenvalue weighted by Crippen LogP contribution is -2.34. The van der Waals surface area contributed by atoms with E-state index in [0.29, 0.717) is 19.0 Å². The van der Waals surface area contributed by atoms with Crippen molar-refractivity contribution >= 4 is 15.8 Å². The molecule has 1 heterocycles. The van der Waals surface area contributed by atoms with Gasteiger partial charge in [-0.25, -0.2) is 8.42 Å². The minimum atomic E-state index is -3.54. The highest BCUT2D eigenvalue weighted by Crippen LogP contribution is 2.21. The van der Waals surface area contributed by atoms with Crippen molar-refractivity contribution in [2.75, 3.05) is 18.8 Å². The Balaban J connectivity index is 3.07. The number of nitrogens with two attached hydrogens (primary N) is 1. The first-order chi connectivity index (χ1) is 8.32. The van der Waals surface area contributed by atoms with Gasteiger partial charge in [-0.2, -0.15) is 9.40 Å². The molecule has 18 heavy (non-hydrogen) atoms. The Labute approximate surface area is 109 Å². The molecule has 0 spiro atoms. The van der Waals surface area contributed by atoms with Gasteiger partial charge in [0.2, 0.25) is 10.0 Å². The molecule has 1 aromatic rings. The molecule has 0 aliphatic carbocycles. The van der Waals surface area contributed by atoms with Crippen molar-refractivity contribution in [3.05, 3.63) is 6.20 Å². The number of nitrogen functional groups attached to an aromatic ring is 1. The molecule has 0 amide bonds. The molecule has 0 aliphatic heterocycles. The Hall–Kier alpha value is -1.08. The van der Waals surface area contributed by atoms with E-state index in [1.54, 1.807) is 7.05 Å². The molecule has 6 nitrogen and oxygen atoms in total. The van der Waals surface area contributed by atoms with Crippen LogP contribution in [-0.4, -0.2) is 35.6 Å². The third-order valence-electron chi connectivity index (χ3n) is 3.00. The minimum absolute atomic E-state index is 0.0556. The Morgan fingerprint density at radius 3 is 2.50 bits per heavy atom. The number of aromatic nitrogens is 2. The molecule has 0 radical (unpaired) electrons. The first-order valence-corrected chi connectivity index (χ1v) is 7.56.